The maximum Gasteiger partial charge on any atom is 0.287 e. The van der Waals surface area contributed by atoms with Crippen LogP contribution in [0.2, 0.25) is 0 Å². The monoisotopic (exact) mass is 323 g/mol. The van der Waals surface area contributed by atoms with Gasteiger partial charge in [0.25, 0.3) is 5.91 Å². The van der Waals surface area contributed by atoms with Gasteiger partial charge in [0, 0.05) is 29.3 Å². The molecule has 0 unspecified atom stereocenters. The van der Waals surface area contributed by atoms with Gasteiger partial charge in [0.05, 0.1) is 12.2 Å². The number of nitrogens with zero attached hydrogens (tertiary/aromatic N) is 2. The summed E-state index contributed by atoms with van der Waals surface area (Å²) in [5, 5.41) is 8.47. The number of amides is 1. The van der Waals surface area contributed by atoms with Gasteiger partial charge in [-0.1, -0.05) is 11.6 Å². The average molecular weight is 323 g/mol. The summed E-state index contributed by atoms with van der Waals surface area (Å²) in [5.41, 5.74) is 5.15. The first-order valence-electron chi connectivity index (χ1n) is 8.36. The number of benzene rings is 1. The Bertz CT molecular complexity index is 936. The van der Waals surface area contributed by atoms with E-state index in [0.29, 0.717) is 5.76 Å². The number of fused-ring (bicyclic) bond motifs is 2. The predicted octanol–water partition coefficient (Wildman–Crippen LogP) is 3.59. The minimum atomic E-state index is -0.150. The molecule has 1 aliphatic carbocycles. The number of carbonyl (C=O) groups is 1. The van der Waals surface area contributed by atoms with Gasteiger partial charge in [0.15, 0.2) is 5.76 Å². The van der Waals surface area contributed by atoms with Crippen molar-refractivity contribution in [1.82, 2.24) is 15.1 Å². The van der Waals surface area contributed by atoms with E-state index in [0.717, 1.165) is 46.9 Å². The van der Waals surface area contributed by atoms with E-state index in [9.17, 15) is 4.79 Å². The third-order valence-electron chi connectivity index (χ3n) is 4.98. The van der Waals surface area contributed by atoms with E-state index in [2.05, 4.69) is 16.5 Å². The van der Waals surface area contributed by atoms with Crippen LogP contribution >= 0.6 is 0 Å². The summed E-state index contributed by atoms with van der Waals surface area (Å²) in [6, 6.07) is 5.99. The Morgan fingerprint density at radius 1 is 1.38 bits per heavy atom. The van der Waals surface area contributed by atoms with Crippen molar-refractivity contribution in [2.45, 2.75) is 39.2 Å². The molecule has 1 aliphatic rings. The van der Waals surface area contributed by atoms with E-state index in [4.69, 9.17) is 4.42 Å². The number of aryl methyl sites for hydroxylation is 3. The lowest BCUT2D eigenvalue weighted by Crippen LogP contribution is -2.31. The lowest BCUT2D eigenvalue weighted by atomic mass is 9.93. The van der Waals surface area contributed by atoms with Crippen LogP contribution in [-0.2, 0) is 13.5 Å². The summed E-state index contributed by atoms with van der Waals surface area (Å²) in [6.07, 6.45) is 4.87. The van der Waals surface area contributed by atoms with Crippen LogP contribution in [0.4, 0.5) is 0 Å². The fraction of sp³-hybridized carbons (Fsp3) is 0.368. The topological polar surface area (TPSA) is 60.1 Å². The van der Waals surface area contributed by atoms with Crippen molar-refractivity contribution in [2.24, 2.45) is 7.05 Å². The van der Waals surface area contributed by atoms with Gasteiger partial charge in [-0.05, 0) is 45.2 Å². The molecule has 3 aromatic rings. The van der Waals surface area contributed by atoms with Crippen molar-refractivity contribution < 1.29 is 9.21 Å². The first-order chi connectivity index (χ1) is 11.5. The minimum absolute atomic E-state index is 0.00398. The summed E-state index contributed by atoms with van der Waals surface area (Å²) in [7, 11) is 1.95. The number of carbonyl (C=O) groups excluding carboxylic acids is 1. The molecule has 0 fully saturated rings. The Kier molecular flexibility index (Phi) is 3.44. The van der Waals surface area contributed by atoms with E-state index in [-0.39, 0.29) is 11.9 Å². The largest absolute Gasteiger partial charge is 0.451 e. The Morgan fingerprint density at radius 3 is 3.04 bits per heavy atom. The molecule has 2 aromatic heterocycles. The molecule has 0 saturated carbocycles. The SMILES string of the molecule is Cc1ccc2oc(C(=O)N[C@H]3CCCc4c3cnn4C)c(C)c2c1. The van der Waals surface area contributed by atoms with E-state index in [1.165, 1.54) is 5.69 Å². The zero-order chi connectivity index (χ0) is 16.8. The standard InChI is InChI=1S/C19H21N3O2/c1-11-7-8-17-13(9-11)12(2)18(24-17)19(23)21-15-5-4-6-16-14(15)10-20-22(16)3/h7-10,15H,4-6H2,1-3H3,(H,21,23)/t15-/m0/s1. The molecule has 124 valence electrons. The number of nitrogens with one attached hydrogen (secondary N) is 1. The van der Waals surface area contributed by atoms with Crippen LogP contribution in [0.15, 0.2) is 28.8 Å². The predicted molar refractivity (Wildman–Crippen MR) is 92.0 cm³/mol. The summed E-state index contributed by atoms with van der Waals surface area (Å²) in [5.74, 6) is 0.259. The molecule has 0 aliphatic heterocycles. The van der Waals surface area contributed by atoms with Crippen molar-refractivity contribution in [3.05, 3.63) is 52.5 Å². The second-order valence-corrected chi connectivity index (χ2v) is 6.64. The van der Waals surface area contributed by atoms with Crippen molar-refractivity contribution in [2.75, 3.05) is 0 Å². The van der Waals surface area contributed by atoms with Crippen molar-refractivity contribution in [3.8, 4) is 0 Å². The zero-order valence-corrected chi connectivity index (χ0v) is 14.2. The van der Waals surface area contributed by atoms with Gasteiger partial charge in [-0.3, -0.25) is 9.48 Å². The molecule has 24 heavy (non-hydrogen) atoms. The van der Waals surface area contributed by atoms with E-state index >= 15 is 0 Å². The third-order valence-corrected chi connectivity index (χ3v) is 4.98. The molecular formula is C19H21N3O2. The molecule has 4 rings (SSSR count). The van der Waals surface area contributed by atoms with Crippen LogP contribution in [0.5, 0.6) is 0 Å². The number of hydrogen-bond acceptors (Lipinski definition) is 3. The molecule has 1 amide bonds. The van der Waals surface area contributed by atoms with Crippen molar-refractivity contribution in [3.63, 3.8) is 0 Å². The Hall–Kier alpha value is -2.56. The van der Waals surface area contributed by atoms with Crippen LogP contribution in [-0.4, -0.2) is 15.7 Å². The smallest absolute Gasteiger partial charge is 0.287 e. The summed E-state index contributed by atoms with van der Waals surface area (Å²) < 4.78 is 7.72. The lowest BCUT2D eigenvalue weighted by Gasteiger charge is -2.23. The molecule has 1 atom stereocenters. The maximum absolute atomic E-state index is 12.8. The molecule has 5 heteroatoms. The molecule has 5 nitrogen and oxygen atoms in total. The fourth-order valence-corrected chi connectivity index (χ4v) is 3.63. The van der Waals surface area contributed by atoms with Gasteiger partial charge in [0.2, 0.25) is 0 Å². The molecule has 2 heterocycles. The summed E-state index contributed by atoms with van der Waals surface area (Å²) >= 11 is 0. The van der Waals surface area contributed by atoms with Crippen molar-refractivity contribution >= 4 is 16.9 Å². The Labute approximate surface area is 140 Å². The number of rotatable bonds is 2. The van der Waals surface area contributed by atoms with E-state index in [1.54, 1.807) is 0 Å². The molecule has 0 bridgehead atoms. The quantitative estimate of drug-likeness (QED) is 0.784. The second-order valence-electron chi connectivity index (χ2n) is 6.64. The van der Waals surface area contributed by atoms with Gasteiger partial charge < -0.3 is 9.73 Å². The molecule has 0 radical (unpaired) electrons. The summed E-state index contributed by atoms with van der Waals surface area (Å²) in [6.45, 7) is 3.98. The lowest BCUT2D eigenvalue weighted by molar-refractivity contribution is 0.0906. The molecule has 0 spiro atoms. The number of furan rings is 1. The highest BCUT2D eigenvalue weighted by atomic mass is 16.3. The van der Waals surface area contributed by atoms with Crippen LogP contribution in [0.25, 0.3) is 11.0 Å². The molecule has 1 aromatic carbocycles. The first kappa shape index (κ1) is 15.0. The van der Waals surface area contributed by atoms with Crippen LogP contribution < -0.4 is 5.32 Å². The van der Waals surface area contributed by atoms with Gasteiger partial charge in [-0.25, -0.2) is 0 Å². The van der Waals surface area contributed by atoms with E-state index in [1.807, 2.05) is 43.9 Å². The van der Waals surface area contributed by atoms with Gasteiger partial charge >= 0.3 is 0 Å². The molecular weight excluding hydrogens is 302 g/mol. The highest BCUT2D eigenvalue weighted by molar-refractivity contribution is 5.99. The van der Waals surface area contributed by atoms with Crippen LogP contribution in [0.1, 0.15) is 51.8 Å². The molecule has 1 N–H and O–H groups in total. The third kappa shape index (κ3) is 2.31. The maximum atomic E-state index is 12.8. The first-order valence-corrected chi connectivity index (χ1v) is 8.36. The second kappa shape index (κ2) is 5.51. The zero-order valence-electron chi connectivity index (χ0n) is 14.2. The van der Waals surface area contributed by atoms with Crippen molar-refractivity contribution in [1.29, 1.82) is 0 Å². The minimum Gasteiger partial charge on any atom is -0.451 e. The van der Waals surface area contributed by atoms with Crippen LogP contribution in [0.3, 0.4) is 0 Å². The number of hydrogen-bond donors (Lipinski definition) is 1. The summed E-state index contributed by atoms with van der Waals surface area (Å²) in [4.78, 5) is 12.8. The van der Waals surface area contributed by atoms with Crippen LogP contribution in [0, 0.1) is 13.8 Å². The Morgan fingerprint density at radius 2 is 2.21 bits per heavy atom. The fourth-order valence-electron chi connectivity index (χ4n) is 3.63. The van der Waals surface area contributed by atoms with Gasteiger partial charge in [-0.15, -0.1) is 0 Å². The van der Waals surface area contributed by atoms with Gasteiger partial charge in [-0.2, -0.15) is 5.10 Å². The van der Waals surface area contributed by atoms with E-state index < -0.39 is 0 Å². The Balaban J connectivity index is 1.65. The number of aromatic nitrogens is 2. The average Bonchev–Trinajstić information content (AvgIpc) is 3.10. The highest BCUT2D eigenvalue weighted by Crippen LogP contribution is 2.31. The molecule has 0 saturated heterocycles. The normalized spacial score (nSPS) is 17.0. The van der Waals surface area contributed by atoms with Gasteiger partial charge in [0.1, 0.15) is 5.58 Å². The highest BCUT2D eigenvalue weighted by Gasteiger charge is 2.27.